The molecule has 6 nitrogen and oxygen atoms in total. The van der Waals surface area contributed by atoms with Gasteiger partial charge < -0.3 is 15.0 Å². The summed E-state index contributed by atoms with van der Waals surface area (Å²) in [7, 11) is 1.60. The lowest BCUT2D eigenvalue weighted by Gasteiger charge is -2.18. The molecule has 136 valence electrons. The van der Waals surface area contributed by atoms with Crippen molar-refractivity contribution >= 4 is 29.2 Å². The second-order valence-electron chi connectivity index (χ2n) is 5.96. The molecule has 1 N–H and O–H groups in total. The first-order valence-electron chi connectivity index (χ1n) is 8.28. The number of ether oxygens (including phenoxy) is 1. The van der Waals surface area contributed by atoms with Gasteiger partial charge >= 0.3 is 6.03 Å². The van der Waals surface area contributed by atoms with Crippen molar-refractivity contribution in [3.05, 3.63) is 59.1 Å². The number of rotatable bonds is 6. The fraction of sp³-hybridized carbons (Fsp3) is 0.263. The molecule has 1 fully saturated rings. The molecule has 0 aliphatic carbocycles. The van der Waals surface area contributed by atoms with Crippen molar-refractivity contribution in [3.63, 3.8) is 0 Å². The highest BCUT2D eigenvalue weighted by atomic mass is 35.5. The summed E-state index contributed by atoms with van der Waals surface area (Å²) in [5.41, 5.74) is 1.75. The molecular formula is C19H20ClN3O3. The van der Waals surface area contributed by atoms with Crippen LogP contribution in [0.25, 0.3) is 0 Å². The third kappa shape index (κ3) is 4.26. The summed E-state index contributed by atoms with van der Waals surface area (Å²) in [6.45, 7) is 1.51. The van der Waals surface area contributed by atoms with Crippen molar-refractivity contribution in [1.82, 2.24) is 10.2 Å². The van der Waals surface area contributed by atoms with E-state index in [-0.39, 0.29) is 18.5 Å². The number of carbonyl (C=O) groups is 2. The van der Waals surface area contributed by atoms with Crippen LogP contribution in [0.5, 0.6) is 5.75 Å². The van der Waals surface area contributed by atoms with Gasteiger partial charge in [0.1, 0.15) is 12.3 Å². The predicted octanol–water partition coefficient (Wildman–Crippen LogP) is 2.91. The van der Waals surface area contributed by atoms with Crippen LogP contribution in [0.2, 0.25) is 5.02 Å². The summed E-state index contributed by atoms with van der Waals surface area (Å²) in [5, 5.41) is 3.48. The summed E-state index contributed by atoms with van der Waals surface area (Å²) < 4.78 is 5.13. The van der Waals surface area contributed by atoms with Gasteiger partial charge in [-0.2, -0.15) is 0 Å². The molecule has 2 aromatic rings. The number of benzene rings is 2. The van der Waals surface area contributed by atoms with Crippen molar-refractivity contribution < 1.29 is 14.3 Å². The number of halogens is 1. The first-order valence-corrected chi connectivity index (χ1v) is 8.66. The molecule has 0 radical (unpaired) electrons. The zero-order chi connectivity index (χ0) is 18.5. The van der Waals surface area contributed by atoms with E-state index in [1.54, 1.807) is 29.0 Å². The molecule has 0 saturated carbocycles. The Hall–Kier alpha value is -2.73. The van der Waals surface area contributed by atoms with Gasteiger partial charge in [0.25, 0.3) is 0 Å². The van der Waals surface area contributed by atoms with Gasteiger partial charge in [-0.3, -0.25) is 9.69 Å². The third-order valence-electron chi connectivity index (χ3n) is 4.22. The van der Waals surface area contributed by atoms with E-state index < -0.39 is 0 Å². The van der Waals surface area contributed by atoms with Gasteiger partial charge in [-0.1, -0.05) is 23.7 Å². The van der Waals surface area contributed by atoms with Crippen LogP contribution in [0.15, 0.2) is 48.5 Å². The molecule has 1 aliphatic heterocycles. The average molecular weight is 374 g/mol. The molecule has 0 atom stereocenters. The average Bonchev–Trinajstić information content (AvgIpc) is 3.02. The van der Waals surface area contributed by atoms with Gasteiger partial charge in [0.2, 0.25) is 5.91 Å². The molecule has 1 saturated heterocycles. The first-order chi connectivity index (χ1) is 12.6. The van der Waals surface area contributed by atoms with Gasteiger partial charge in [-0.15, -0.1) is 0 Å². The Balaban J connectivity index is 1.52. The minimum Gasteiger partial charge on any atom is -0.497 e. The number of amides is 3. The molecule has 0 aromatic heterocycles. The summed E-state index contributed by atoms with van der Waals surface area (Å²) in [4.78, 5) is 27.9. The van der Waals surface area contributed by atoms with Crippen LogP contribution >= 0.6 is 11.6 Å². The van der Waals surface area contributed by atoms with E-state index in [2.05, 4.69) is 5.32 Å². The number of carbonyl (C=O) groups excluding carboxylic acids is 2. The number of urea groups is 1. The van der Waals surface area contributed by atoms with Crippen molar-refractivity contribution in [2.24, 2.45) is 0 Å². The molecule has 0 unspecified atom stereocenters. The Kier molecular flexibility index (Phi) is 5.63. The summed E-state index contributed by atoms with van der Waals surface area (Å²) >= 11 is 5.84. The van der Waals surface area contributed by atoms with Crippen molar-refractivity contribution in [2.75, 3.05) is 31.6 Å². The van der Waals surface area contributed by atoms with Crippen LogP contribution in [-0.2, 0) is 11.3 Å². The molecule has 26 heavy (non-hydrogen) atoms. The standard InChI is InChI=1S/C19H20ClN3O3/c1-26-17-8-6-16(7-9-17)23-11-10-22(19(23)25)13-18(24)21-12-14-2-4-15(20)5-3-14/h2-9H,10-13H2,1H3,(H,21,24). The van der Waals surface area contributed by atoms with E-state index in [1.165, 1.54) is 0 Å². The second kappa shape index (κ2) is 8.10. The SMILES string of the molecule is COc1ccc(N2CCN(CC(=O)NCc3ccc(Cl)cc3)C2=O)cc1. The van der Waals surface area contributed by atoms with Crippen LogP contribution < -0.4 is 15.0 Å². The lowest BCUT2D eigenvalue weighted by Crippen LogP contribution is -2.39. The van der Waals surface area contributed by atoms with E-state index in [0.29, 0.717) is 24.7 Å². The van der Waals surface area contributed by atoms with Crippen LogP contribution in [0.4, 0.5) is 10.5 Å². The monoisotopic (exact) mass is 373 g/mol. The molecular weight excluding hydrogens is 354 g/mol. The number of anilines is 1. The fourth-order valence-corrected chi connectivity index (χ4v) is 2.89. The maximum absolute atomic E-state index is 12.5. The topological polar surface area (TPSA) is 61.9 Å². The van der Waals surface area contributed by atoms with E-state index in [4.69, 9.17) is 16.3 Å². The zero-order valence-electron chi connectivity index (χ0n) is 14.4. The van der Waals surface area contributed by atoms with Crippen LogP contribution in [0.1, 0.15) is 5.56 Å². The molecule has 2 aromatic carbocycles. The number of nitrogens with zero attached hydrogens (tertiary/aromatic N) is 2. The second-order valence-corrected chi connectivity index (χ2v) is 6.39. The summed E-state index contributed by atoms with van der Waals surface area (Å²) in [5.74, 6) is 0.545. The maximum Gasteiger partial charge on any atom is 0.325 e. The Bertz CT molecular complexity index is 778. The van der Waals surface area contributed by atoms with Crippen LogP contribution in [-0.4, -0.2) is 43.6 Å². The lowest BCUT2D eigenvalue weighted by molar-refractivity contribution is -0.121. The van der Waals surface area contributed by atoms with E-state index in [9.17, 15) is 9.59 Å². The fourth-order valence-electron chi connectivity index (χ4n) is 2.76. The largest absolute Gasteiger partial charge is 0.497 e. The zero-order valence-corrected chi connectivity index (χ0v) is 15.2. The third-order valence-corrected chi connectivity index (χ3v) is 4.47. The minimum absolute atomic E-state index is 0.0408. The number of methoxy groups -OCH3 is 1. The van der Waals surface area contributed by atoms with Gasteiger partial charge in [0.15, 0.2) is 0 Å². The quantitative estimate of drug-likeness (QED) is 0.846. The van der Waals surface area contributed by atoms with E-state index in [0.717, 1.165) is 17.0 Å². The molecule has 0 spiro atoms. The minimum atomic E-state index is -0.190. The molecule has 1 aliphatic rings. The lowest BCUT2D eigenvalue weighted by atomic mass is 10.2. The van der Waals surface area contributed by atoms with Crippen molar-refractivity contribution in [1.29, 1.82) is 0 Å². The molecule has 3 rings (SSSR count). The molecule has 0 bridgehead atoms. The summed E-state index contributed by atoms with van der Waals surface area (Å²) in [6.07, 6.45) is 0. The Morgan fingerprint density at radius 3 is 2.46 bits per heavy atom. The highest BCUT2D eigenvalue weighted by molar-refractivity contribution is 6.30. The Morgan fingerprint density at radius 1 is 1.12 bits per heavy atom. The molecule has 3 amide bonds. The molecule has 1 heterocycles. The normalized spacial score (nSPS) is 13.8. The van der Waals surface area contributed by atoms with Crippen LogP contribution in [0, 0.1) is 0 Å². The van der Waals surface area contributed by atoms with Gasteiger partial charge in [-0.05, 0) is 42.0 Å². The Morgan fingerprint density at radius 2 is 1.81 bits per heavy atom. The highest BCUT2D eigenvalue weighted by Gasteiger charge is 2.30. The van der Waals surface area contributed by atoms with E-state index in [1.807, 2.05) is 36.4 Å². The number of nitrogens with one attached hydrogen (secondary N) is 1. The smallest absolute Gasteiger partial charge is 0.325 e. The van der Waals surface area contributed by atoms with Gasteiger partial charge in [-0.25, -0.2) is 4.79 Å². The Labute approximate surface area is 157 Å². The summed E-state index contributed by atoms with van der Waals surface area (Å²) in [6, 6.07) is 14.4. The van der Waals surface area contributed by atoms with E-state index >= 15 is 0 Å². The van der Waals surface area contributed by atoms with Gasteiger partial charge in [0, 0.05) is 30.3 Å². The predicted molar refractivity (Wildman–Crippen MR) is 101 cm³/mol. The molecule has 7 heteroatoms. The highest BCUT2D eigenvalue weighted by Crippen LogP contribution is 2.23. The first kappa shape index (κ1) is 18.1. The maximum atomic E-state index is 12.5. The van der Waals surface area contributed by atoms with Crippen LogP contribution in [0.3, 0.4) is 0 Å². The van der Waals surface area contributed by atoms with Crippen molar-refractivity contribution in [3.8, 4) is 5.75 Å². The number of hydrogen-bond acceptors (Lipinski definition) is 3. The number of hydrogen-bond donors (Lipinski definition) is 1. The van der Waals surface area contributed by atoms with Crippen molar-refractivity contribution in [2.45, 2.75) is 6.54 Å². The van der Waals surface area contributed by atoms with Gasteiger partial charge in [0.05, 0.1) is 7.11 Å².